The first-order valence-corrected chi connectivity index (χ1v) is 9.01. The van der Waals surface area contributed by atoms with Crippen molar-refractivity contribution in [2.75, 3.05) is 10.6 Å². The number of rotatable bonds is 5. The number of anilines is 3. The van der Waals surface area contributed by atoms with Crippen LogP contribution in [0.25, 0.3) is 0 Å². The predicted molar refractivity (Wildman–Crippen MR) is 111 cm³/mol. The van der Waals surface area contributed by atoms with E-state index in [0.717, 1.165) is 11.3 Å². The van der Waals surface area contributed by atoms with E-state index in [-0.39, 0.29) is 17.4 Å². The zero-order valence-electron chi connectivity index (χ0n) is 15.7. The van der Waals surface area contributed by atoms with Gasteiger partial charge in [-0.15, -0.1) is 0 Å². The average Bonchev–Trinajstić information content (AvgIpc) is 2.64. The average molecular weight is 395 g/mol. The van der Waals surface area contributed by atoms with Gasteiger partial charge in [0.15, 0.2) is 5.78 Å². The molecule has 1 amide bonds. The first-order valence-electron chi connectivity index (χ1n) is 8.63. The minimum absolute atomic E-state index is 0.0706. The Morgan fingerprint density at radius 1 is 1.00 bits per heavy atom. The van der Waals surface area contributed by atoms with E-state index in [1.54, 1.807) is 43.3 Å². The maximum Gasteiger partial charge on any atom is 0.274 e. The molecular formula is C21H19ClN4O2. The number of hydrogen-bond donors (Lipinski definition) is 2. The van der Waals surface area contributed by atoms with E-state index in [0.29, 0.717) is 27.9 Å². The van der Waals surface area contributed by atoms with Crippen LogP contribution in [0.1, 0.15) is 39.0 Å². The second-order valence-corrected chi connectivity index (χ2v) is 6.83. The number of carbonyl (C=O) groups is 2. The molecule has 0 atom stereocenters. The molecule has 7 heteroatoms. The van der Waals surface area contributed by atoms with Crippen LogP contribution in [0.3, 0.4) is 0 Å². The number of halogens is 1. The highest BCUT2D eigenvalue weighted by atomic mass is 35.5. The minimum Gasteiger partial charge on any atom is -0.324 e. The lowest BCUT2D eigenvalue weighted by Gasteiger charge is -2.11. The summed E-state index contributed by atoms with van der Waals surface area (Å²) in [6, 6.07) is 13.8. The van der Waals surface area contributed by atoms with Gasteiger partial charge in [-0.25, -0.2) is 9.97 Å². The van der Waals surface area contributed by atoms with Crippen LogP contribution in [0.2, 0.25) is 5.02 Å². The van der Waals surface area contributed by atoms with Crippen molar-refractivity contribution in [2.45, 2.75) is 20.8 Å². The van der Waals surface area contributed by atoms with Gasteiger partial charge in [0, 0.05) is 27.7 Å². The van der Waals surface area contributed by atoms with E-state index >= 15 is 0 Å². The quantitative estimate of drug-likeness (QED) is 0.598. The van der Waals surface area contributed by atoms with Crippen molar-refractivity contribution in [3.63, 3.8) is 0 Å². The van der Waals surface area contributed by atoms with Crippen LogP contribution in [0.15, 0.2) is 48.5 Å². The topological polar surface area (TPSA) is 84.0 Å². The highest BCUT2D eigenvalue weighted by Crippen LogP contribution is 2.22. The highest BCUT2D eigenvalue weighted by Gasteiger charge is 2.12. The molecule has 0 unspecified atom stereocenters. The molecule has 1 aromatic heterocycles. The lowest BCUT2D eigenvalue weighted by molar-refractivity contribution is 0.100. The number of nitrogens with one attached hydrogen (secondary N) is 2. The molecular weight excluding hydrogens is 376 g/mol. The molecule has 0 radical (unpaired) electrons. The fourth-order valence-corrected chi connectivity index (χ4v) is 2.87. The van der Waals surface area contributed by atoms with Gasteiger partial charge in [-0.1, -0.05) is 23.7 Å². The fourth-order valence-electron chi connectivity index (χ4n) is 2.64. The van der Waals surface area contributed by atoms with Gasteiger partial charge < -0.3 is 10.6 Å². The number of aromatic nitrogens is 2. The standard InChI is InChI=1S/C21H19ClN4O2/c1-12-9-16(22)7-8-18(12)25-21-23-13(2)10-19(26-21)20(28)24-17-6-4-5-15(11-17)14(3)27/h4-11H,1-3H3,(H,24,28)(H,23,25,26). The Bertz CT molecular complexity index is 1070. The third-order valence-electron chi connectivity index (χ3n) is 4.05. The first kappa shape index (κ1) is 19.5. The summed E-state index contributed by atoms with van der Waals surface area (Å²) in [5, 5.41) is 6.52. The number of amides is 1. The van der Waals surface area contributed by atoms with E-state index < -0.39 is 0 Å². The van der Waals surface area contributed by atoms with Gasteiger partial charge in [-0.05, 0) is 62.7 Å². The predicted octanol–water partition coefficient (Wildman–Crippen LogP) is 4.95. The van der Waals surface area contributed by atoms with Crippen molar-refractivity contribution < 1.29 is 9.59 Å². The number of Topliss-reactive ketones (excluding diaryl/α,β-unsaturated/α-hetero) is 1. The summed E-state index contributed by atoms with van der Waals surface area (Å²) in [5.41, 5.74) is 3.65. The molecule has 142 valence electrons. The summed E-state index contributed by atoms with van der Waals surface area (Å²) in [5.74, 6) is -0.145. The zero-order valence-corrected chi connectivity index (χ0v) is 16.5. The molecule has 0 saturated heterocycles. The Kier molecular flexibility index (Phi) is 5.70. The van der Waals surface area contributed by atoms with Crippen molar-refractivity contribution in [1.29, 1.82) is 0 Å². The lowest BCUT2D eigenvalue weighted by Crippen LogP contribution is -2.16. The van der Waals surface area contributed by atoms with Gasteiger partial charge in [-0.3, -0.25) is 9.59 Å². The molecule has 3 aromatic rings. The maximum atomic E-state index is 12.6. The zero-order chi connectivity index (χ0) is 20.3. The molecule has 0 fully saturated rings. The summed E-state index contributed by atoms with van der Waals surface area (Å²) in [7, 11) is 0. The van der Waals surface area contributed by atoms with Crippen LogP contribution < -0.4 is 10.6 Å². The van der Waals surface area contributed by atoms with Crippen molar-refractivity contribution in [3.8, 4) is 0 Å². The van der Waals surface area contributed by atoms with Crippen molar-refractivity contribution >= 4 is 40.6 Å². The number of hydrogen-bond acceptors (Lipinski definition) is 5. The normalized spacial score (nSPS) is 10.4. The molecule has 2 N–H and O–H groups in total. The van der Waals surface area contributed by atoms with Crippen LogP contribution in [0, 0.1) is 13.8 Å². The molecule has 0 spiro atoms. The lowest BCUT2D eigenvalue weighted by atomic mass is 10.1. The molecule has 0 aliphatic rings. The van der Waals surface area contributed by atoms with Gasteiger partial charge in [-0.2, -0.15) is 0 Å². The smallest absolute Gasteiger partial charge is 0.274 e. The van der Waals surface area contributed by atoms with E-state index in [4.69, 9.17) is 11.6 Å². The van der Waals surface area contributed by atoms with Crippen LogP contribution in [0.4, 0.5) is 17.3 Å². The van der Waals surface area contributed by atoms with Gasteiger partial charge >= 0.3 is 0 Å². The van der Waals surface area contributed by atoms with E-state index in [1.807, 2.05) is 19.1 Å². The van der Waals surface area contributed by atoms with E-state index in [2.05, 4.69) is 20.6 Å². The fraction of sp³-hybridized carbons (Fsp3) is 0.143. The van der Waals surface area contributed by atoms with Crippen molar-refractivity contribution in [2.24, 2.45) is 0 Å². The Balaban J connectivity index is 1.83. The molecule has 0 saturated carbocycles. The molecule has 0 aliphatic heterocycles. The second kappa shape index (κ2) is 8.19. The van der Waals surface area contributed by atoms with Gasteiger partial charge in [0.1, 0.15) is 5.69 Å². The van der Waals surface area contributed by atoms with Crippen molar-refractivity contribution in [1.82, 2.24) is 9.97 Å². The summed E-state index contributed by atoms with van der Waals surface area (Å²) in [6.45, 7) is 5.18. The van der Waals surface area contributed by atoms with E-state index in [1.165, 1.54) is 6.92 Å². The van der Waals surface area contributed by atoms with Crippen LogP contribution in [0.5, 0.6) is 0 Å². The Morgan fingerprint density at radius 3 is 2.50 bits per heavy atom. The largest absolute Gasteiger partial charge is 0.324 e. The number of nitrogens with zero attached hydrogens (tertiary/aromatic N) is 2. The molecule has 3 rings (SSSR count). The molecule has 0 bridgehead atoms. The molecule has 1 heterocycles. The summed E-state index contributed by atoms with van der Waals surface area (Å²) in [6.07, 6.45) is 0. The number of carbonyl (C=O) groups excluding carboxylic acids is 2. The first-order chi connectivity index (χ1) is 13.3. The van der Waals surface area contributed by atoms with Crippen molar-refractivity contribution in [3.05, 3.63) is 76.1 Å². The van der Waals surface area contributed by atoms with Crippen LogP contribution >= 0.6 is 11.6 Å². The maximum absolute atomic E-state index is 12.6. The van der Waals surface area contributed by atoms with Crippen LogP contribution in [-0.2, 0) is 0 Å². The van der Waals surface area contributed by atoms with E-state index in [9.17, 15) is 9.59 Å². The Hall–Kier alpha value is -3.25. The van der Waals surface area contributed by atoms with Gasteiger partial charge in [0.05, 0.1) is 0 Å². The number of benzene rings is 2. The number of ketones is 1. The highest BCUT2D eigenvalue weighted by molar-refractivity contribution is 6.30. The molecule has 2 aromatic carbocycles. The third-order valence-corrected chi connectivity index (χ3v) is 4.28. The van der Waals surface area contributed by atoms with Gasteiger partial charge in [0.2, 0.25) is 5.95 Å². The van der Waals surface area contributed by atoms with Gasteiger partial charge in [0.25, 0.3) is 5.91 Å². The number of aryl methyl sites for hydroxylation is 2. The monoisotopic (exact) mass is 394 g/mol. The second-order valence-electron chi connectivity index (χ2n) is 6.39. The SMILES string of the molecule is CC(=O)c1cccc(NC(=O)c2cc(C)nc(Nc3ccc(Cl)cc3C)n2)c1. The molecule has 6 nitrogen and oxygen atoms in total. The molecule has 28 heavy (non-hydrogen) atoms. The Morgan fingerprint density at radius 2 is 1.79 bits per heavy atom. The summed E-state index contributed by atoms with van der Waals surface area (Å²) < 4.78 is 0. The minimum atomic E-state index is -0.387. The summed E-state index contributed by atoms with van der Waals surface area (Å²) in [4.78, 5) is 32.8. The molecule has 0 aliphatic carbocycles. The third kappa shape index (κ3) is 4.72. The summed E-state index contributed by atoms with van der Waals surface area (Å²) >= 11 is 5.99. The van der Waals surface area contributed by atoms with Crippen LogP contribution in [-0.4, -0.2) is 21.7 Å². The Labute approximate surface area is 168 Å².